The van der Waals surface area contributed by atoms with E-state index in [-0.39, 0.29) is 18.6 Å². The largest absolute Gasteiger partial charge is 0.489 e. The number of esters is 1. The van der Waals surface area contributed by atoms with E-state index in [1.165, 1.54) is 0 Å². The SMILES string of the molecule is CCC1CCCCN1C(=O)COC(=O)c1ccc(COc2ccccc2)cc1. The van der Waals surface area contributed by atoms with Gasteiger partial charge in [0.2, 0.25) is 0 Å². The summed E-state index contributed by atoms with van der Waals surface area (Å²) in [5.41, 5.74) is 1.39. The van der Waals surface area contributed by atoms with Gasteiger partial charge in [-0.2, -0.15) is 0 Å². The third-order valence-corrected chi connectivity index (χ3v) is 5.08. The molecular formula is C23H27NO4. The van der Waals surface area contributed by atoms with Crippen molar-refractivity contribution in [3.8, 4) is 5.75 Å². The van der Waals surface area contributed by atoms with Crippen LogP contribution in [0.15, 0.2) is 54.6 Å². The second-order valence-corrected chi connectivity index (χ2v) is 7.02. The van der Waals surface area contributed by atoms with Gasteiger partial charge in [-0.05, 0) is 55.5 Å². The monoisotopic (exact) mass is 381 g/mol. The number of ether oxygens (including phenoxy) is 2. The lowest BCUT2D eigenvalue weighted by Crippen LogP contribution is -2.45. The summed E-state index contributed by atoms with van der Waals surface area (Å²) in [6, 6.07) is 16.9. The Morgan fingerprint density at radius 1 is 1.04 bits per heavy atom. The van der Waals surface area contributed by atoms with Gasteiger partial charge in [0, 0.05) is 12.6 Å². The molecule has 0 saturated carbocycles. The van der Waals surface area contributed by atoms with Crippen LogP contribution in [0.3, 0.4) is 0 Å². The molecular weight excluding hydrogens is 354 g/mol. The summed E-state index contributed by atoms with van der Waals surface area (Å²) in [6.45, 7) is 3.07. The fourth-order valence-corrected chi connectivity index (χ4v) is 3.47. The van der Waals surface area contributed by atoms with Crippen LogP contribution in [0.25, 0.3) is 0 Å². The fourth-order valence-electron chi connectivity index (χ4n) is 3.47. The first-order chi connectivity index (χ1) is 13.7. The third-order valence-electron chi connectivity index (χ3n) is 5.08. The van der Waals surface area contributed by atoms with Gasteiger partial charge in [0.25, 0.3) is 5.91 Å². The predicted molar refractivity (Wildman–Crippen MR) is 107 cm³/mol. The average Bonchev–Trinajstić information content (AvgIpc) is 2.76. The van der Waals surface area contributed by atoms with Gasteiger partial charge >= 0.3 is 5.97 Å². The minimum absolute atomic E-state index is 0.104. The normalized spacial score (nSPS) is 16.5. The van der Waals surface area contributed by atoms with Gasteiger partial charge in [-0.1, -0.05) is 37.3 Å². The first-order valence-corrected chi connectivity index (χ1v) is 9.90. The van der Waals surface area contributed by atoms with Crippen LogP contribution in [0.5, 0.6) is 5.75 Å². The number of hydrogen-bond acceptors (Lipinski definition) is 4. The smallest absolute Gasteiger partial charge is 0.338 e. The molecule has 1 aliphatic rings. The number of carbonyl (C=O) groups excluding carboxylic acids is 2. The highest BCUT2D eigenvalue weighted by Gasteiger charge is 2.26. The lowest BCUT2D eigenvalue weighted by Gasteiger charge is -2.35. The van der Waals surface area contributed by atoms with Crippen molar-refractivity contribution >= 4 is 11.9 Å². The van der Waals surface area contributed by atoms with E-state index in [4.69, 9.17) is 9.47 Å². The highest BCUT2D eigenvalue weighted by Crippen LogP contribution is 2.19. The molecule has 1 aliphatic heterocycles. The molecule has 1 heterocycles. The number of likely N-dealkylation sites (tertiary alicyclic amines) is 1. The summed E-state index contributed by atoms with van der Waals surface area (Å²) in [5, 5.41) is 0. The van der Waals surface area contributed by atoms with E-state index in [1.807, 2.05) is 47.4 Å². The molecule has 1 saturated heterocycles. The van der Waals surface area contributed by atoms with Crippen LogP contribution in [-0.4, -0.2) is 36.0 Å². The number of benzene rings is 2. The molecule has 1 unspecified atom stereocenters. The molecule has 5 nitrogen and oxygen atoms in total. The summed E-state index contributed by atoms with van der Waals surface area (Å²) in [7, 11) is 0. The van der Waals surface area contributed by atoms with Crippen molar-refractivity contribution < 1.29 is 19.1 Å². The molecule has 1 fully saturated rings. The summed E-state index contributed by atoms with van der Waals surface area (Å²) in [6.07, 6.45) is 4.14. The number of nitrogens with zero attached hydrogens (tertiary/aromatic N) is 1. The Bertz CT molecular complexity index is 773. The van der Waals surface area contributed by atoms with E-state index in [9.17, 15) is 9.59 Å². The van der Waals surface area contributed by atoms with Crippen LogP contribution in [0.2, 0.25) is 0 Å². The van der Waals surface area contributed by atoms with Gasteiger partial charge in [-0.3, -0.25) is 4.79 Å². The Morgan fingerprint density at radius 3 is 2.50 bits per heavy atom. The number of rotatable bonds is 7. The van der Waals surface area contributed by atoms with Crippen molar-refractivity contribution in [1.29, 1.82) is 0 Å². The van der Waals surface area contributed by atoms with Gasteiger partial charge in [0.05, 0.1) is 5.56 Å². The maximum atomic E-state index is 12.4. The van der Waals surface area contributed by atoms with E-state index < -0.39 is 5.97 Å². The van der Waals surface area contributed by atoms with Gasteiger partial charge in [-0.15, -0.1) is 0 Å². The van der Waals surface area contributed by atoms with E-state index in [0.29, 0.717) is 12.2 Å². The lowest BCUT2D eigenvalue weighted by molar-refractivity contribution is -0.138. The van der Waals surface area contributed by atoms with Crippen LogP contribution >= 0.6 is 0 Å². The zero-order valence-electron chi connectivity index (χ0n) is 16.3. The first-order valence-electron chi connectivity index (χ1n) is 9.90. The summed E-state index contributed by atoms with van der Waals surface area (Å²) in [4.78, 5) is 26.5. The summed E-state index contributed by atoms with van der Waals surface area (Å²) in [5.74, 6) is 0.217. The average molecular weight is 381 g/mol. The predicted octanol–water partition coefficient (Wildman–Crippen LogP) is 4.21. The zero-order chi connectivity index (χ0) is 19.8. The molecule has 1 atom stereocenters. The van der Waals surface area contributed by atoms with Crippen LogP contribution in [-0.2, 0) is 16.1 Å². The van der Waals surface area contributed by atoms with Crippen molar-refractivity contribution in [3.05, 3.63) is 65.7 Å². The standard InChI is InChI=1S/C23H27NO4/c1-2-20-8-6-7-15-24(20)22(25)17-28-23(26)19-13-11-18(12-14-19)16-27-21-9-4-3-5-10-21/h3-5,9-14,20H,2,6-8,15-17H2,1H3. The van der Waals surface area contributed by atoms with Crippen molar-refractivity contribution in [2.24, 2.45) is 0 Å². The highest BCUT2D eigenvalue weighted by atomic mass is 16.5. The summed E-state index contributed by atoms with van der Waals surface area (Å²) >= 11 is 0. The van der Waals surface area contributed by atoms with Crippen molar-refractivity contribution in [3.63, 3.8) is 0 Å². The van der Waals surface area contributed by atoms with Gasteiger partial charge in [0.1, 0.15) is 12.4 Å². The zero-order valence-corrected chi connectivity index (χ0v) is 16.3. The molecule has 0 N–H and O–H groups in total. The molecule has 0 radical (unpaired) electrons. The van der Waals surface area contributed by atoms with Crippen LogP contribution in [0, 0.1) is 0 Å². The number of para-hydroxylation sites is 1. The molecule has 5 heteroatoms. The second kappa shape index (κ2) is 9.93. The Balaban J connectivity index is 1.48. The minimum atomic E-state index is -0.478. The molecule has 1 amide bonds. The van der Waals surface area contributed by atoms with E-state index >= 15 is 0 Å². The molecule has 28 heavy (non-hydrogen) atoms. The molecule has 3 rings (SSSR count). The van der Waals surface area contributed by atoms with Crippen molar-refractivity contribution in [1.82, 2.24) is 4.90 Å². The van der Waals surface area contributed by atoms with Crippen molar-refractivity contribution in [2.45, 2.75) is 45.3 Å². The van der Waals surface area contributed by atoms with Crippen LogP contribution in [0.1, 0.15) is 48.5 Å². The fraction of sp³-hybridized carbons (Fsp3) is 0.391. The number of hydrogen-bond donors (Lipinski definition) is 0. The molecule has 0 aliphatic carbocycles. The Morgan fingerprint density at radius 2 is 1.79 bits per heavy atom. The minimum Gasteiger partial charge on any atom is -0.489 e. The Kier molecular flexibility index (Phi) is 7.06. The van der Waals surface area contributed by atoms with Gasteiger partial charge < -0.3 is 14.4 Å². The number of piperidine rings is 1. The quantitative estimate of drug-likeness (QED) is 0.674. The second-order valence-electron chi connectivity index (χ2n) is 7.02. The lowest BCUT2D eigenvalue weighted by atomic mass is 10.00. The van der Waals surface area contributed by atoms with Gasteiger partial charge in [0.15, 0.2) is 6.61 Å². The molecule has 0 spiro atoms. The number of carbonyl (C=O) groups is 2. The maximum absolute atomic E-state index is 12.4. The number of amides is 1. The summed E-state index contributed by atoms with van der Waals surface area (Å²) < 4.78 is 10.9. The molecule has 2 aromatic carbocycles. The maximum Gasteiger partial charge on any atom is 0.338 e. The Hall–Kier alpha value is -2.82. The highest BCUT2D eigenvalue weighted by molar-refractivity contribution is 5.91. The van der Waals surface area contributed by atoms with Crippen LogP contribution in [0.4, 0.5) is 0 Å². The Labute approximate surface area is 166 Å². The topological polar surface area (TPSA) is 55.8 Å². The first kappa shape index (κ1) is 19.9. The molecule has 0 aromatic heterocycles. The van der Waals surface area contributed by atoms with Gasteiger partial charge in [-0.25, -0.2) is 4.79 Å². The van der Waals surface area contributed by atoms with E-state index in [1.54, 1.807) is 12.1 Å². The van der Waals surface area contributed by atoms with Crippen molar-refractivity contribution in [2.75, 3.05) is 13.2 Å². The van der Waals surface area contributed by atoms with E-state index in [2.05, 4.69) is 6.92 Å². The molecule has 2 aromatic rings. The van der Waals surface area contributed by atoms with E-state index in [0.717, 1.165) is 43.5 Å². The van der Waals surface area contributed by atoms with Crippen LogP contribution < -0.4 is 4.74 Å². The molecule has 0 bridgehead atoms. The molecule has 148 valence electrons. The third kappa shape index (κ3) is 5.35.